The molecular formula is C24H44O2. The summed E-state index contributed by atoms with van der Waals surface area (Å²) < 4.78 is 4.76. The van der Waals surface area contributed by atoms with Gasteiger partial charge in [0.15, 0.2) is 0 Å². The van der Waals surface area contributed by atoms with E-state index in [2.05, 4.69) is 51.1 Å². The van der Waals surface area contributed by atoms with E-state index in [1.807, 2.05) is 40.7 Å². The number of carbonyl (C=O) groups is 1. The number of hydrogen-bond acceptors (Lipinski definition) is 2. The second-order valence-electron chi connectivity index (χ2n) is 5.60. The van der Waals surface area contributed by atoms with E-state index in [1.54, 1.807) is 0 Å². The number of ether oxygens (including phenoxy) is 1. The van der Waals surface area contributed by atoms with Gasteiger partial charge in [0.05, 0.1) is 13.0 Å². The normalized spacial score (nSPS) is 10.7. The van der Waals surface area contributed by atoms with Crippen LogP contribution in [-0.2, 0) is 16.0 Å². The lowest BCUT2D eigenvalue weighted by atomic mass is 9.96. The van der Waals surface area contributed by atoms with Crippen molar-refractivity contribution in [3.8, 4) is 0 Å². The molecule has 2 nitrogen and oxygen atoms in total. The Labute approximate surface area is 164 Å². The van der Waals surface area contributed by atoms with Crippen molar-refractivity contribution in [1.82, 2.24) is 0 Å². The molecule has 1 rings (SSSR count). The van der Waals surface area contributed by atoms with Crippen LogP contribution in [0.3, 0.4) is 0 Å². The van der Waals surface area contributed by atoms with Gasteiger partial charge >= 0.3 is 5.97 Å². The lowest BCUT2D eigenvalue weighted by molar-refractivity contribution is -0.145. The molecule has 1 unspecified atom stereocenters. The lowest BCUT2D eigenvalue weighted by Gasteiger charge is -2.12. The smallest absolute Gasteiger partial charge is 0.308 e. The van der Waals surface area contributed by atoms with Gasteiger partial charge in [-0.2, -0.15) is 0 Å². The molecule has 0 amide bonds. The summed E-state index contributed by atoms with van der Waals surface area (Å²) in [5.41, 5.74) is 2.73. The highest BCUT2D eigenvalue weighted by Crippen LogP contribution is 2.18. The third kappa shape index (κ3) is 17.3. The van der Waals surface area contributed by atoms with E-state index in [4.69, 9.17) is 4.74 Å². The standard InChI is InChI=1S/C17H24O2.C3H8.2C2H6/c1-4-8-15(12-11-14(2)17(18)19-3)13-16-9-6-5-7-10-16;1-3-2;2*1-2/h5-10,14H,4,11-13H2,1-3H3;3H2,1-2H3;2*1-2H3/b15-8-;;;. The molecule has 0 saturated heterocycles. The van der Waals surface area contributed by atoms with Crippen molar-refractivity contribution in [3.05, 3.63) is 47.5 Å². The molecule has 0 aliphatic carbocycles. The third-order valence-electron chi connectivity index (χ3n) is 3.27. The first-order chi connectivity index (χ1) is 12.6. The number of allylic oxidation sites excluding steroid dienone is 2. The quantitative estimate of drug-likeness (QED) is 0.367. The first kappa shape index (κ1) is 29.2. The van der Waals surface area contributed by atoms with Gasteiger partial charge in [-0.15, -0.1) is 0 Å². The topological polar surface area (TPSA) is 26.3 Å². The molecule has 0 spiro atoms. The molecular weight excluding hydrogens is 320 g/mol. The minimum absolute atomic E-state index is 0.0268. The number of methoxy groups -OCH3 is 1. The molecule has 26 heavy (non-hydrogen) atoms. The fourth-order valence-electron chi connectivity index (χ4n) is 2.13. The van der Waals surface area contributed by atoms with Crippen LogP contribution >= 0.6 is 0 Å². The molecule has 0 aliphatic heterocycles. The Kier molecular flexibility index (Phi) is 26.3. The Morgan fingerprint density at radius 1 is 1.04 bits per heavy atom. The van der Waals surface area contributed by atoms with Crippen molar-refractivity contribution >= 4 is 5.97 Å². The van der Waals surface area contributed by atoms with E-state index in [-0.39, 0.29) is 11.9 Å². The minimum Gasteiger partial charge on any atom is -0.469 e. The summed E-state index contributed by atoms with van der Waals surface area (Å²) in [5, 5.41) is 0. The summed E-state index contributed by atoms with van der Waals surface area (Å²) in [5.74, 6) is -0.142. The predicted molar refractivity (Wildman–Crippen MR) is 118 cm³/mol. The van der Waals surface area contributed by atoms with E-state index in [9.17, 15) is 4.79 Å². The summed E-state index contributed by atoms with van der Waals surface area (Å²) in [6.07, 6.45) is 7.35. The number of hydrogen-bond donors (Lipinski definition) is 0. The molecule has 0 aliphatic rings. The van der Waals surface area contributed by atoms with E-state index in [1.165, 1.54) is 24.7 Å². The van der Waals surface area contributed by atoms with Gasteiger partial charge in [0.1, 0.15) is 0 Å². The minimum atomic E-state index is -0.115. The third-order valence-corrected chi connectivity index (χ3v) is 3.27. The van der Waals surface area contributed by atoms with Gasteiger partial charge < -0.3 is 4.74 Å². The maximum absolute atomic E-state index is 11.4. The molecule has 0 bridgehead atoms. The molecule has 2 heteroatoms. The van der Waals surface area contributed by atoms with Crippen LogP contribution in [0.15, 0.2) is 42.0 Å². The average Bonchev–Trinajstić information content (AvgIpc) is 2.70. The lowest BCUT2D eigenvalue weighted by Crippen LogP contribution is -2.12. The van der Waals surface area contributed by atoms with Crippen LogP contribution in [-0.4, -0.2) is 13.1 Å². The number of esters is 1. The highest BCUT2D eigenvalue weighted by molar-refractivity contribution is 5.71. The van der Waals surface area contributed by atoms with Gasteiger partial charge in [-0.1, -0.05) is 104 Å². The van der Waals surface area contributed by atoms with Crippen LogP contribution < -0.4 is 0 Å². The van der Waals surface area contributed by atoms with Gasteiger partial charge in [0.25, 0.3) is 0 Å². The Balaban J connectivity index is -0.000000663. The zero-order valence-corrected chi connectivity index (χ0v) is 18.9. The first-order valence-electron chi connectivity index (χ1n) is 10.4. The molecule has 0 heterocycles. The van der Waals surface area contributed by atoms with Gasteiger partial charge in [-0.3, -0.25) is 4.79 Å². The SMILES string of the molecule is CC.CC.CC/C=C(/CCC(C)C(=O)OC)Cc1ccccc1.CCC. The highest BCUT2D eigenvalue weighted by Gasteiger charge is 2.13. The van der Waals surface area contributed by atoms with Gasteiger partial charge in [-0.05, 0) is 31.2 Å². The average molecular weight is 365 g/mol. The van der Waals surface area contributed by atoms with E-state index in [0.717, 1.165) is 25.7 Å². The molecule has 0 radical (unpaired) electrons. The fourth-order valence-corrected chi connectivity index (χ4v) is 2.13. The van der Waals surface area contributed by atoms with Crippen LogP contribution in [0.4, 0.5) is 0 Å². The molecule has 0 N–H and O–H groups in total. The molecule has 0 fully saturated rings. The maximum atomic E-state index is 11.4. The van der Waals surface area contributed by atoms with Crippen molar-refractivity contribution in [2.75, 3.05) is 7.11 Å². The monoisotopic (exact) mass is 364 g/mol. The van der Waals surface area contributed by atoms with Crippen molar-refractivity contribution in [1.29, 1.82) is 0 Å². The van der Waals surface area contributed by atoms with Gasteiger partial charge in [0.2, 0.25) is 0 Å². The van der Waals surface area contributed by atoms with Gasteiger partial charge in [0, 0.05) is 0 Å². The largest absolute Gasteiger partial charge is 0.469 e. The molecule has 1 aromatic rings. The summed E-state index contributed by atoms with van der Waals surface area (Å²) in [6, 6.07) is 10.5. The van der Waals surface area contributed by atoms with Crippen LogP contribution in [0.25, 0.3) is 0 Å². The summed E-state index contributed by atoms with van der Waals surface area (Å²) in [6.45, 7) is 16.3. The van der Waals surface area contributed by atoms with Crippen molar-refractivity contribution < 1.29 is 9.53 Å². The van der Waals surface area contributed by atoms with Crippen molar-refractivity contribution in [3.63, 3.8) is 0 Å². The Hall–Kier alpha value is -1.57. The molecule has 152 valence electrons. The summed E-state index contributed by atoms with van der Waals surface area (Å²) in [4.78, 5) is 11.4. The molecule has 0 aromatic heterocycles. The molecule has 0 saturated carbocycles. The zero-order valence-electron chi connectivity index (χ0n) is 18.9. The zero-order chi connectivity index (χ0) is 20.8. The van der Waals surface area contributed by atoms with Crippen molar-refractivity contribution in [2.24, 2.45) is 5.92 Å². The Morgan fingerprint density at radius 2 is 1.54 bits per heavy atom. The van der Waals surface area contributed by atoms with Gasteiger partial charge in [-0.25, -0.2) is 0 Å². The van der Waals surface area contributed by atoms with E-state index in [0.29, 0.717) is 0 Å². The maximum Gasteiger partial charge on any atom is 0.308 e. The second-order valence-corrected chi connectivity index (χ2v) is 5.60. The second kappa shape index (κ2) is 23.4. The van der Waals surface area contributed by atoms with E-state index >= 15 is 0 Å². The Bertz CT molecular complexity index is 421. The number of rotatable bonds is 7. The molecule has 1 atom stereocenters. The van der Waals surface area contributed by atoms with E-state index < -0.39 is 0 Å². The van der Waals surface area contributed by atoms with Crippen LogP contribution in [0.2, 0.25) is 0 Å². The van der Waals surface area contributed by atoms with Crippen LogP contribution in [0.5, 0.6) is 0 Å². The fraction of sp³-hybridized carbons (Fsp3) is 0.625. The summed E-state index contributed by atoms with van der Waals surface area (Å²) >= 11 is 0. The van der Waals surface area contributed by atoms with Crippen LogP contribution in [0, 0.1) is 5.92 Å². The van der Waals surface area contributed by atoms with Crippen molar-refractivity contribution in [2.45, 2.75) is 87.5 Å². The summed E-state index contributed by atoms with van der Waals surface area (Å²) in [7, 11) is 1.45. The first-order valence-corrected chi connectivity index (χ1v) is 10.4. The highest BCUT2D eigenvalue weighted by atomic mass is 16.5. The molecule has 1 aromatic carbocycles. The van der Waals surface area contributed by atoms with Crippen LogP contribution in [0.1, 0.15) is 86.6 Å². The number of carbonyl (C=O) groups excluding carboxylic acids is 1. The Morgan fingerprint density at radius 3 is 1.96 bits per heavy atom. The number of benzene rings is 1. The predicted octanol–water partition coefficient (Wildman–Crippen LogP) is 7.62.